The molecule has 0 saturated heterocycles. The lowest BCUT2D eigenvalue weighted by Crippen LogP contribution is -2.20. The quantitative estimate of drug-likeness (QED) is 0.438. The molecule has 7 heteroatoms. The zero-order valence-corrected chi connectivity index (χ0v) is 11.7. The van der Waals surface area contributed by atoms with E-state index in [4.69, 9.17) is 0 Å². The van der Waals surface area contributed by atoms with Crippen molar-refractivity contribution >= 4 is 23.9 Å². The molecule has 0 spiro atoms. The Morgan fingerprint density at radius 1 is 1.35 bits per heavy atom. The van der Waals surface area contributed by atoms with Gasteiger partial charge in [0.2, 0.25) is 5.91 Å². The van der Waals surface area contributed by atoms with Gasteiger partial charge in [-0.25, -0.2) is 5.43 Å². The average Bonchev–Trinajstić information content (AvgIpc) is 2.85. The molecule has 6 nitrogen and oxygen atoms in total. The Labute approximate surface area is 119 Å². The molecular weight excluding hydrogens is 276 g/mol. The Hall–Kier alpha value is -2.28. The van der Waals surface area contributed by atoms with Gasteiger partial charge in [-0.2, -0.15) is 5.10 Å². The van der Waals surface area contributed by atoms with E-state index in [0.29, 0.717) is 5.69 Å². The van der Waals surface area contributed by atoms with Crippen LogP contribution in [0.1, 0.15) is 11.3 Å². The van der Waals surface area contributed by atoms with E-state index in [9.17, 15) is 9.59 Å². The third kappa shape index (κ3) is 4.13. The molecule has 20 heavy (non-hydrogen) atoms. The van der Waals surface area contributed by atoms with Crippen LogP contribution < -0.4 is 11.0 Å². The lowest BCUT2D eigenvalue weighted by molar-refractivity contribution is -0.120. The monoisotopic (exact) mass is 290 g/mol. The molecule has 0 bridgehead atoms. The van der Waals surface area contributed by atoms with Gasteiger partial charge in [0.1, 0.15) is 0 Å². The number of amides is 1. The minimum atomic E-state index is -0.294. The van der Waals surface area contributed by atoms with Crippen molar-refractivity contribution in [1.29, 1.82) is 0 Å². The van der Waals surface area contributed by atoms with Crippen LogP contribution >= 0.6 is 11.8 Å². The third-order valence-electron chi connectivity index (χ3n) is 2.52. The van der Waals surface area contributed by atoms with Gasteiger partial charge < -0.3 is 5.10 Å². The van der Waals surface area contributed by atoms with E-state index in [-0.39, 0.29) is 17.9 Å². The number of hydrogen-bond donors (Lipinski definition) is 3. The maximum atomic E-state index is 11.5. The Morgan fingerprint density at radius 2 is 2.10 bits per heavy atom. The van der Waals surface area contributed by atoms with Gasteiger partial charge in [0.15, 0.2) is 0 Å². The summed E-state index contributed by atoms with van der Waals surface area (Å²) in [6, 6.07) is 9.15. The second-order valence-electron chi connectivity index (χ2n) is 4.03. The number of thioether (sulfide) groups is 1. The highest BCUT2D eigenvalue weighted by Crippen LogP contribution is 2.13. The Kier molecular flexibility index (Phi) is 4.78. The molecule has 0 radical (unpaired) electrons. The predicted octanol–water partition coefficient (Wildman–Crippen LogP) is 1.12. The van der Waals surface area contributed by atoms with Gasteiger partial charge in [0.25, 0.3) is 5.56 Å². The van der Waals surface area contributed by atoms with Crippen LogP contribution in [0.5, 0.6) is 0 Å². The topological polar surface area (TPSA) is 90.1 Å². The fourth-order valence-corrected chi connectivity index (χ4v) is 1.96. The maximum absolute atomic E-state index is 11.5. The van der Waals surface area contributed by atoms with Crippen LogP contribution in [-0.2, 0) is 11.2 Å². The summed E-state index contributed by atoms with van der Waals surface area (Å²) >= 11 is 1.66. The first-order valence-corrected chi connectivity index (χ1v) is 7.12. The molecule has 2 aromatic rings. The molecule has 1 aromatic heterocycles. The molecule has 2 rings (SSSR count). The number of hydrazone groups is 1. The van der Waals surface area contributed by atoms with E-state index in [0.717, 1.165) is 5.56 Å². The summed E-state index contributed by atoms with van der Waals surface area (Å²) in [5.41, 5.74) is 3.57. The smallest absolute Gasteiger partial charge is 0.264 e. The molecule has 0 aliphatic carbocycles. The number of carbonyl (C=O) groups excluding carboxylic acids is 1. The zero-order chi connectivity index (χ0) is 14.4. The third-order valence-corrected chi connectivity index (χ3v) is 3.26. The number of nitrogens with zero attached hydrogens (tertiary/aromatic N) is 1. The van der Waals surface area contributed by atoms with Gasteiger partial charge in [-0.05, 0) is 24.0 Å². The summed E-state index contributed by atoms with van der Waals surface area (Å²) in [5, 5.41) is 8.84. The van der Waals surface area contributed by atoms with Gasteiger partial charge in [-0.15, -0.1) is 11.8 Å². The molecule has 0 aliphatic rings. The van der Waals surface area contributed by atoms with Crippen LogP contribution in [0.3, 0.4) is 0 Å². The highest BCUT2D eigenvalue weighted by molar-refractivity contribution is 7.98. The van der Waals surface area contributed by atoms with E-state index in [2.05, 4.69) is 20.7 Å². The van der Waals surface area contributed by atoms with E-state index >= 15 is 0 Å². The van der Waals surface area contributed by atoms with Crippen LogP contribution in [0.4, 0.5) is 0 Å². The molecule has 1 aromatic carbocycles. The Morgan fingerprint density at radius 3 is 2.70 bits per heavy atom. The summed E-state index contributed by atoms with van der Waals surface area (Å²) in [5.74, 6) is -0.294. The second kappa shape index (κ2) is 6.76. The van der Waals surface area contributed by atoms with Gasteiger partial charge in [0.05, 0.1) is 12.6 Å². The minimum Gasteiger partial charge on any atom is -0.302 e. The van der Waals surface area contributed by atoms with Gasteiger partial charge in [-0.3, -0.25) is 14.7 Å². The van der Waals surface area contributed by atoms with E-state index in [1.807, 2.05) is 30.5 Å². The van der Waals surface area contributed by atoms with E-state index in [1.165, 1.54) is 11.0 Å². The van der Waals surface area contributed by atoms with Crippen LogP contribution in [0.15, 0.2) is 45.1 Å². The number of rotatable bonds is 5. The summed E-state index contributed by atoms with van der Waals surface area (Å²) in [7, 11) is 0. The summed E-state index contributed by atoms with van der Waals surface area (Å²) in [6.45, 7) is 0. The van der Waals surface area contributed by atoms with Crippen molar-refractivity contribution in [2.75, 3.05) is 6.26 Å². The molecule has 0 aliphatic heterocycles. The van der Waals surface area contributed by atoms with Crippen molar-refractivity contribution in [1.82, 2.24) is 15.6 Å². The lowest BCUT2D eigenvalue weighted by atomic mass is 10.2. The number of H-pyrrole nitrogens is 2. The standard InChI is InChI=1S/C13H14N4O2S/c1-20-11-4-2-9(3-5-11)8-14-16-12(18)6-10-7-13(19)17-15-10/h2-5,7-8H,6H2,1H3,(H,16,18)(H2,15,17,19). The lowest BCUT2D eigenvalue weighted by Gasteiger charge is -1.98. The highest BCUT2D eigenvalue weighted by Gasteiger charge is 2.03. The number of aromatic nitrogens is 2. The largest absolute Gasteiger partial charge is 0.302 e. The van der Waals surface area contributed by atoms with Crippen LogP contribution in [0.25, 0.3) is 0 Å². The molecule has 0 fully saturated rings. The SMILES string of the molecule is CSc1ccc(C=NNC(=O)Cc2cc(=O)[nH][nH]2)cc1. The van der Waals surface area contributed by atoms with Crippen LogP contribution in [-0.4, -0.2) is 28.6 Å². The first-order chi connectivity index (χ1) is 9.67. The summed E-state index contributed by atoms with van der Waals surface area (Å²) < 4.78 is 0. The number of aromatic amines is 2. The van der Waals surface area contributed by atoms with E-state index in [1.54, 1.807) is 18.0 Å². The Balaban J connectivity index is 1.85. The van der Waals surface area contributed by atoms with Crippen molar-refractivity contribution in [3.8, 4) is 0 Å². The second-order valence-corrected chi connectivity index (χ2v) is 4.91. The first-order valence-electron chi connectivity index (χ1n) is 5.90. The minimum absolute atomic E-state index is 0.0709. The van der Waals surface area contributed by atoms with E-state index < -0.39 is 0 Å². The highest BCUT2D eigenvalue weighted by atomic mass is 32.2. The van der Waals surface area contributed by atoms with Crippen LogP contribution in [0.2, 0.25) is 0 Å². The molecule has 104 valence electrons. The molecule has 0 atom stereocenters. The number of nitrogens with one attached hydrogen (secondary N) is 3. The van der Waals surface area contributed by atoms with Crippen molar-refractivity contribution in [2.24, 2.45) is 5.10 Å². The predicted molar refractivity (Wildman–Crippen MR) is 79.1 cm³/mol. The van der Waals surface area contributed by atoms with Crippen LogP contribution in [0, 0.1) is 0 Å². The van der Waals surface area contributed by atoms with Gasteiger partial charge >= 0.3 is 0 Å². The molecule has 0 unspecified atom stereocenters. The molecule has 3 N–H and O–H groups in total. The summed E-state index contributed by atoms with van der Waals surface area (Å²) in [4.78, 5) is 23.6. The van der Waals surface area contributed by atoms with Gasteiger partial charge in [-0.1, -0.05) is 12.1 Å². The number of benzene rings is 1. The van der Waals surface area contributed by atoms with Crippen molar-refractivity contribution in [3.63, 3.8) is 0 Å². The number of carbonyl (C=O) groups is 1. The normalized spacial score (nSPS) is 10.8. The fraction of sp³-hybridized carbons (Fsp3) is 0.154. The maximum Gasteiger partial charge on any atom is 0.264 e. The molecule has 1 amide bonds. The average molecular weight is 290 g/mol. The first kappa shape index (κ1) is 14.1. The number of hydrogen-bond acceptors (Lipinski definition) is 4. The molecular formula is C13H14N4O2S. The molecule has 0 saturated carbocycles. The zero-order valence-electron chi connectivity index (χ0n) is 10.8. The van der Waals surface area contributed by atoms with Crippen molar-refractivity contribution < 1.29 is 4.79 Å². The Bertz CT molecular complexity index is 658. The molecule has 1 heterocycles. The van der Waals surface area contributed by atoms with Crippen molar-refractivity contribution in [2.45, 2.75) is 11.3 Å². The fourth-order valence-electron chi connectivity index (χ4n) is 1.55. The van der Waals surface area contributed by atoms with Gasteiger partial charge in [0, 0.05) is 16.7 Å². The summed E-state index contributed by atoms with van der Waals surface area (Å²) in [6.07, 6.45) is 3.65. The van der Waals surface area contributed by atoms with Crippen molar-refractivity contribution in [3.05, 3.63) is 51.9 Å².